The molecule has 1 amide bonds. The lowest BCUT2D eigenvalue weighted by Gasteiger charge is -2.26. The monoisotopic (exact) mass is 508 g/mol. The first-order valence-corrected chi connectivity index (χ1v) is 12.9. The van der Waals surface area contributed by atoms with Crippen molar-refractivity contribution in [2.75, 3.05) is 40.9 Å². The Hall–Kier alpha value is -3.32. The molecule has 7 heteroatoms. The number of rotatable bonds is 11. The van der Waals surface area contributed by atoms with Crippen molar-refractivity contribution in [1.82, 2.24) is 9.80 Å². The third-order valence-corrected chi connectivity index (χ3v) is 6.43. The number of hydrogen-bond acceptors (Lipinski definition) is 6. The van der Waals surface area contributed by atoms with Gasteiger partial charge < -0.3 is 24.4 Å². The molecule has 7 nitrogen and oxygen atoms in total. The molecule has 2 aromatic rings. The van der Waals surface area contributed by atoms with Gasteiger partial charge in [0.2, 0.25) is 0 Å². The highest BCUT2D eigenvalue weighted by molar-refractivity contribution is 6.46. The first-order valence-electron chi connectivity index (χ1n) is 12.9. The molecule has 200 valence electrons. The SMILES string of the molecule is COc1ccc(/C(O)=C2\C(=O)C(=O)N(CCCN(C)C)C2c2cccc(OCC(C)C)c2)cc1C(C)C. The summed E-state index contributed by atoms with van der Waals surface area (Å²) in [4.78, 5) is 30.2. The minimum Gasteiger partial charge on any atom is -0.507 e. The smallest absolute Gasteiger partial charge is 0.295 e. The first-order chi connectivity index (χ1) is 17.5. The maximum absolute atomic E-state index is 13.4. The molecule has 1 saturated heterocycles. The summed E-state index contributed by atoms with van der Waals surface area (Å²) in [7, 11) is 5.54. The number of hydrogen-bond donors (Lipinski definition) is 1. The van der Waals surface area contributed by atoms with Crippen LogP contribution in [-0.4, -0.2) is 67.5 Å². The van der Waals surface area contributed by atoms with Gasteiger partial charge in [-0.3, -0.25) is 9.59 Å². The van der Waals surface area contributed by atoms with Crippen molar-refractivity contribution in [3.05, 3.63) is 64.7 Å². The molecule has 0 saturated carbocycles. The second-order valence-corrected chi connectivity index (χ2v) is 10.5. The maximum Gasteiger partial charge on any atom is 0.295 e. The van der Waals surface area contributed by atoms with E-state index >= 15 is 0 Å². The summed E-state index contributed by atoms with van der Waals surface area (Å²) in [6, 6.07) is 12.1. The van der Waals surface area contributed by atoms with Crippen LogP contribution in [0.15, 0.2) is 48.0 Å². The number of likely N-dealkylation sites (tertiary alicyclic amines) is 1. The van der Waals surface area contributed by atoms with Crippen LogP contribution in [0.5, 0.6) is 11.5 Å². The number of carbonyl (C=O) groups excluding carboxylic acids is 2. The molecular formula is C30H40N2O5. The normalized spacial score (nSPS) is 17.4. The number of amides is 1. The molecule has 1 aliphatic heterocycles. The number of ketones is 1. The number of carbonyl (C=O) groups is 2. The molecule has 1 atom stereocenters. The molecule has 37 heavy (non-hydrogen) atoms. The van der Waals surface area contributed by atoms with E-state index in [0.717, 1.165) is 17.7 Å². The van der Waals surface area contributed by atoms with Gasteiger partial charge in [-0.25, -0.2) is 0 Å². The number of benzene rings is 2. The van der Waals surface area contributed by atoms with Gasteiger partial charge in [0.1, 0.15) is 17.3 Å². The van der Waals surface area contributed by atoms with E-state index in [0.29, 0.717) is 42.6 Å². The van der Waals surface area contributed by atoms with Crippen molar-refractivity contribution in [1.29, 1.82) is 0 Å². The van der Waals surface area contributed by atoms with Gasteiger partial charge >= 0.3 is 0 Å². The van der Waals surface area contributed by atoms with E-state index in [2.05, 4.69) is 13.8 Å². The fourth-order valence-electron chi connectivity index (χ4n) is 4.54. The highest BCUT2D eigenvalue weighted by atomic mass is 16.5. The van der Waals surface area contributed by atoms with Gasteiger partial charge in [0, 0.05) is 12.1 Å². The Balaban J connectivity index is 2.13. The van der Waals surface area contributed by atoms with Crippen LogP contribution < -0.4 is 9.47 Å². The number of aliphatic hydroxyl groups is 1. The standard InChI is InChI=1S/C30H40N2O5/c1-19(2)18-37-23-11-8-10-21(16-23)27-26(29(34)30(35)32(27)15-9-14-31(5)6)28(33)22-12-13-25(36-7)24(17-22)20(3)4/h8,10-13,16-17,19-20,27,33H,9,14-15,18H2,1-7H3/b28-26+. The van der Waals surface area contributed by atoms with Crippen molar-refractivity contribution >= 4 is 17.4 Å². The zero-order chi connectivity index (χ0) is 27.3. The van der Waals surface area contributed by atoms with E-state index in [9.17, 15) is 14.7 Å². The van der Waals surface area contributed by atoms with Gasteiger partial charge in [0.05, 0.1) is 25.3 Å². The highest BCUT2D eigenvalue weighted by Gasteiger charge is 2.46. The molecule has 1 heterocycles. The minimum atomic E-state index is -0.714. The van der Waals surface area contributed by atoms with Crippen LogP contribution in [0.25, 0.3) is 5.76 Å². The molecule has 1 unspecified atom stereocenters. The molecule has 0 radical (unpaired) electrons. The first kappa shape index (κ1) is 28.3. The lowest BCUT2D eigenvalue weighted by molar-refractivity contribution is -0.139. The van der Waals surface area contributed by atoms with Crippen LogP contribution in [0.3, 0.4) is 0 Å². The number of aliphatic hydroxyl groups excluding tert-OH is 1. The summed E-state index contributed by atoms with van der Waals surface area (Å²) in [5, 5.41) is 11.5. The fourth-order valence-corrected chi connectivity index (χ4v) is 4.54. The molecule has 2 aromatic carbocycles. The van der Waals surface area contributed by atoms with Gasteiger partial charge in [0.25, 0.3) is 11.7 Å². The Morgan fingerprint density at radius 2 is 1.81 bits per heavy atom. The number of Topliss-reactive ketones (excluding diaryl/α,β-unsaturated/α-hetero) is 1. The summed E-state index contributed by atoms with van der Waals surface area (Å²) in [6.07, 6.45) is 0.695. The van der Waals surface area contributed by atoms with Crippen molar-refractivity contribution in [2.24, 2.45) is 5.92 Å². The second kappa shape index (κ2) is 12.3. The zero-order valence-corrected chi connectivity index (χ0v) is 23.1. The predicted molar refractivity (Wildman–Crippen MR) is 146 cm³/mol. The van der Waals surface area contributed by atoms with Crippen LogP contribution in [0.1, 0.15) is 62.8 Å². The Kier molecular flexibility index (Phi) is 9.38. The third-order valence-electron chi connectivity index (χ3n) is 6.43. The Morgan fingerprint density at radius 3 is 2.43 bits per heavy atom. The van der Waals surface area contributed by atoms with E-state index in [1.165, 1.54) is 0 Å². The molecular weight excluding hydrogens is 468 g/mol. The van der Waals surface area contributed by atoms with E-state index in [4.69, 9.17) is 9.47 Å². The quantitative estimate of drug-likeness (QED) is 0.254. The second-order valence-electron chi connectivity index (χ2n) is 10.5. The largest absolute Gasteiger partial charge is 0.507 e. The molecule has 1 N–H and O–H groups in total. The van der Waals surface area contributed by atoms with Gasteiger partial charge in [-0.05, 0) is 80.4 Å². The molecule has 3 rings (SSSR count). The number of ether oxygens (including phenoxy) is 2. The maximum atomic E-state index is 13.4. The molecule has 1 aliphatic rings. The predicted octanol–water partition coefficient (Wildman–Crippen LogP) is 5.23. The summed E-state index contributed by atoms with van der Waals surface area (Å²) in [5.41, 5.74) is 2.21. The molecule has 0 aliphatic carbocycles. The summed E-state index contributed by atoms with van der Waals surface area (Å²) in [5.74, 6) is 0.404. The number of nitrogens with zero attached hydrogens (tertiary/aromatic N) is 2. The van der Waals surface area contributed by atoms with Crippen LogP contribution in [-0.2, 0) is 9.59 Å². The highest BCUT2D eigenvalue weighted by Crippen LogP contribution is 2.41. The van der Waals surface area contributed by atoms with E-state index in [-0.39, 0.29) is 17.3 Å². The molecule has 1 fully saturated rings. The lowest BCUT2D eigenvalue weighted by atomic mass is 9.93. The van der Waals surface area contributed by atoms with Crippen LogP contribution in [0.2, 0.25) is 0 Å². The van der Waals surface area contributed by atoms with Crippen LogP contribution in [0.4, 0.5) is 0 Å². The third kappa shape index (κ3) is 6.52. The average molecular weight is 509 g/mol. The Morgan fingerprint density at radius 1 is 1.08 bits per heavy atom. The van der Waals surface area contributed by atoms with Gasteiger partial charge in [-0.2, -0.15) is 0 Å². The van der Waals surface area contributed by atoms with Crippen molar-refractivity contribution in [3.8, 4) is 11.5 Å². The van der Waals surface area contributed by atoms with Crippen LogP contribution in [0, 0.1) is 5.92 Å². The summed E-state index contributed by atoms with van der Waals surface area (Å²) < 4.78 is 11.4. The van der Waals surface area contributed by atoms with Crippen molar-refractivity contribution < 1.29 is 24.2 Å². The van der Waals surface area contributed by atoms with Gasteiger partial charge in [-0.1, -0.05) is 39.8 Å². The summed E-state index contributed by atoms with van der Waals surface area (Å²) in [6.45, 7) is 9.93. The Labute approximate surface area is 220 Å². The van der Waals surface area contributed by atoms with Crippen LogP contribution >= 0.6 is 0 Å². The van der Waals surface area contributed by atoms with E-state index in [1.54, 1.807) is 24.1 Å². The molecule has 0 spiro atoms. The average Bonchev–Trinajstić information content (AvgIpc) is 3.11. The molecule has 0 aromatic heterocycles. The number of methoxy groups -OCH3 is 1. The minimum absolute atomic E-state index is 0.0933. The lowest BCUT2D eigenvalue weighted by Crippen LogP contribution is -2.32. The van der Waals surface area contributed by atoms with Gasteiger partial charge in [0.15, 0.2) is 0 Å². The Bertz CT molecular complexity index is 1150. The zero-order valence-electron chi connectivity index (χ0n) is 23.1. The topological polar surface area (TPSA) is 79.3 Å². The fraction of sp³-hybridized carbons (Fsp3) is 0.467. The van der Waals surface area contributed by atoms with Gasteiger partial charge in [-0.15, -0.1) is 0 Å². The molecule has 0 bridgehead atoms. The van der Waals surface area contributed by atoms with Crippen molar-refractivity contribution in [3.63, 3.8) is 0 Å². The van der Waals surface area contributed by atoms with E-state index in [1.807, 2.05) is 63.2 Å². The van der Waals surface area contributed by atoms with E-state index < -0.39 is 17.7 Å². The van der Waals surface area contributed by atoms with Crippen molar-refractivity contribution in [2.45, 2.75) is 46.1 Å². The summed E-state index contributed by atoms with van der Waals surface area (Å²) >= 11 is 0.